The molecule has 4 atom stereocenters. The summed E-state index contributed by atoms with van der Waals surface area (Å²) in [6.45, 7) is 26.6. The second-order valence-electron chi connectivity index (χ2n) is 16.9. The molecule has 0 amide bonds. The fraction of sp³-hybridized carbons (Fsp3) is 0.578. The monoisotopic (exact) mass is 796 g/mol. The predicted molar refractivity (Wildman–Crippen MR) is 236 cm³/mol. The summed E-state index contributed by atoms with van der Waals surface area (Å²) in [5, 5.41) is 11.2. The van der Waals surface area contributed by atoms with Crippen LogP contribution in [0.4, 0.5) is 0 Å². The number of rotatable bonds is 23. The van der Waals surface area contributed by atoms with Gasteiger partial charge < -0.3 is 23.8 Å². The van der Waals surface area contributed by atoms with Gasteiger partial charge in [0.2, 0.25) is 0 Å². The van der Waals surface area contributed by atoms with E-state index >= 15 is 0 Å². The summed E-state index contributed by atoms with van der Waals surface area (Å²) in [6.07, 6.45) is 11.0. The van der Waals surface area contributed by atoms with Crippen LogP contribution >= 0.6 is 11.8 Å². The van der Waals surface area contributed by atoms with Gasteiger partial charge in [0, 0.05) is 18.1 Å². The minimum atomic E-state index is -3.40. The molecule has 0 radical (unpaired) electrons. The van der Waals surface area contributed by atoms with E-state index in [2.05, 4.69) is 112 Å². The molecule has 0 aliphatic rings. The Balaban J connectivity index is 2.88. The Morgan fingerprint density at radius 3 is 1.89 bits per heavy atom. The Bertz CT molecular complexity index is 1470. The molecular formula is C45H72O6SSi2. The van der Waals surface area contributed by atoms with Crippen molar-refractivity contribution in [3.8, 4) is 0 Å². The van der Waals surface area contributed by atoms with Gasteiger partial charge in [-0.1, -0.05) is 132 Å². The van der Waals surface area contributed by atoms with Gasteiger partial charge in [0.05, 0.1) is 24.3 Å². The van der Waals surface area contributed by atoms with Crippen LogP contribution in [0, 0.1) is 5.92 Å². The Morgan fingerprint density at radius 2 is 1.43 bits per heavy atom. The maximum absolute atomic E-state index is 13.3. The van der Waals surface area contributed by atoms with Crippen LogP contribution < -0.4 is 10.4 Å². The zero-order chi connectivity index (χ0) is 40.7. The molecule has 6 nitrogen and oxygen atoms in total. The number of aliphatic carboxylic acids is 1. The van der Waals surface area contributed by atoms with E-state index in [1.165, 1.54) is 5.57 Å². The third-order valence-electron chi connectivity index (χ3n) is 11.5. The molecule has 2 N–H and O–H groups in total. The molecule has 0 saturated carbocycles. The summed E-state index contributed by atoms with van der Waals surface area (Å²) in [7, 11) is -5.49. The number of unbranched alkanes of at least 4 members (excludes halogenated alkanes) is 1. The number of carboxylic acids is 1. The van der Waals surface area contributed by atoms with E-state index in [1.54, 1.807) is 24.8 Å². The van der Waals surface area contributed by atoms with Crippen LogP contribution in [0.2, 0.25) is 23.2 Å². The average molecular weight is 797 g/mol. The van der Waals surface area contributed by atoms with Gasteiger partial charge in [0.25, 0.3) is 8.32 Å². The van der Waals surface area contributed by atoms with E-state index < -0.39 is 39.9 Å². The van der Waals surface area contributed by atoms with Crippen molar-refractivity contribution in [3.05, 3.63) is 95.6 Å². The lowest BCUT2D eigenvalue weighted by Crippen LogP contribution is -2.66. The quantitative estimate of drug-likeness (QED) is 0.0381. The molecule has 9 heteroatoms. The lowest BCUT2D eigenvalue weighted by molar-refractivity contribution is -0.132. The molecule has 1 unspecified atom stereocenters. The molecule has 0 aliphatic carbocycles. The first-order valence-electron chi connectivity index (χ1n) is 19.7. The number of carboxylic acid groups (broad SMARTS) is 1. The predicted octanol–water partition coefficient (Wildman–Crippen LogP) is 10.5. The molecular weight excluding hydrogens is 725 g/mol. The minimum absolute atomic E-state index is 0.0657. The molecule has 302 valence electrons. The number of carbonyl (C=O) groups is 1. The highest BCUT2D eigenvalue weighted by atomic mass is 32.2. The smallest absolute Gasteiger partial charge is 0.330 e. The second kappa shape index (κ2) is 21.9. The van der Waals surface area contributed by atoms with E-state index in [0.717, 1.165) is 28.8 Å². The fourth-order valence-corrected chi connectivity index (χ4v) is 12.1. The number of thioether (sulfide) groups is 1. The van der Waals surface area contributed by atoms with Crippen molar-refractivity contribution in [2.75, 3.05) is 18.8 Å². The number of allylic oxidation sites excluding steroid dienone is 1. The maximum atomic E-state index is 13.3. The first-order valence-corrected chi connectivity index (χ1v) is 25.9. The summed E-state index contributed by atoms with van der Waals surface area (Å²) in [6, 6.07) is 20.3. The Hall–Kier alpha value is -2.25. The van der Waals surface area contributed by atoms with Crippen LogP contribution in [0.5, 0.6) is 0 Å². The maximum Gasteiger partial charge on any atom is 0.330 e. The molecule has 0 bridgehead atoms. The Morgan fingerprint density at radius 1 is 0.870 bits per heavy atom. The van der Waals surface area contributed by atoms with Crippen LogP contribution in [-0.4, -0.2) is 69.6 Å². The average Bonchev–Trinajstić information content (AvgIpc) is 3.13. The standard InChI is InChI=1S/C45H72O6SSi2/c1-14-16-31-49-42(41(50-33-52-11)30-28-36(5)43(46)47)39(35(4)27-29-40(34(3)15-2)51-53(12,13)44(6,7)8)32-45(9,10)54(48,37-23-19-17-20-24-37)38-25-21-18-22-26-38/h15,17-28,39-42,48H,14,16,29-33H2,1-13H3,(H,46,47)/b34-15-,35-27+,36-28-/t39-,40-,41?,42+/m1/s1. The highest BCUT2D eigenvalue weighted by Gasteiger charge is 2.52. The lowest BCUT2D eigenvalue weighted by atomic mass is 9.82. The molecule has 0 spiro atoms. The molecule has 0 fully saturated rings. The van der Waals surface area contributed by atoms with Gasteiger partial charge in [-0.3, -0.25) is 0 Å². The fourth-order valence-electron chi connectivity index (χ4n) is 6.71. The Labute approximate surface area is 335 Å². The van der Waals surface area contributed by atoms with Crippen LogP contribution in [0.25, 0.3) is 0 Å². The van der Waals surface area contributed by atoms with Crippen molar-refractivity contribution in [1.29, 1.82) is 0 Å². The van der Waals surface area contributed by atoms with Gasteiger partial charge in [0.1, 0.15) is 0 Å². The summed E-state index contributed by atoms with van der Waals surface area (Å²) >= 11 is 1.59. The van der Waals surface area contributed by atoms with E-state index in [9.17, 15) is 14.7 Å². The largest absolute Gasteiger partial charge is 0.478 e. The highest BCUT2D eigenvalue weighted by Crippen LogP contribution is 2.46. The van der Waals surface area contributed by atoms with Gasteiger partial charge in [-0.25, -0.2) is 4.79 Å². The summed E-state index contributed by atoms with van der Waals surface area (Å²) < 4.78 is 20.6. The highest BCUT2D eigenvalue weighted by molar-refractivity contribution is 7.98. The van der Waals surface area contributed by atoms with E-state index in [0.29, 0.717) is 31.8 Å². The van der Waals surface area contributed by atoms with Crippen molar-refractivity contribution >= 4 is 44.7 Å². The molecule has 0 aliphatic heterocycles. The first kappa shape index (κ1) is 47.9. The lowest BCUT2D eigenvalue weighted by Gasteiger charge is -2.45. The number of hydrogen-bond donors (Lipinski definition) is 2. The number of ether oxygens (including phenoxy) is 2. The number of hydrogen-bond acceptors (Lipinski definition) is 6. The van der Waals surface area contributed by atoms with Crippen LogP contribution in [0.3, 0.4) is 0 Å². The molecule has 2 aromatic carbocycles. The molecule has 0 saturated heterocycles. The molecule has 0 aromatic heterocycles. The van der Waals surface area contributed by atoms with E-state index in [4.69, 9.17) is 13.9 Å². The van der Waals surface area contributed by atoms with Crippen molar-refractivity contribution in [1.82, 2.24) is 0 Å². The molecule has 54 heavy (non-hydrogen) atoms. The summed E-state index contributed by atoms with van der Waals surface area (Å²) in [4.78, 5) is 25.2. The van der Waals surface area contributed by atoms with E-state index in [1.807, 2.05) is 42.7 Å². The zero-order valence-electron chi connectivity index (χ0n) is 35.7. The van der Waals surface area contributed by atoms with Crippen molar-refractivity contribution in [2.45, 2.75) is 143 Å². The molecule has 2 rings (SSSR count). The van der Waals surface area contributed by atoms with Crippen molar-refractivity contribution in [3.63, 3.8) is 0 Å². The van der Waals surface area contributed by atoms with Gasteiger partial charge in [-0.2, -0.15) is 0 Å². The third kappa shape index (κ3) is 13.2. The van der Waals surface area contributed by atoms with Gasteiger partial charge >= 0.3 is 5.97 Å². The minimum Gasteiger partial charge on any atom is -0.478 e. The van der Waals surface area contributed by atoms with Gasteiger partial charge in [-0.15, -0.1) is 11.8 Å². The Kier molecular flexibility index (Phi) is 19.4. The van der Waals surface area contributed by atoms with Crippen LogP contribution in [0.1, 0.15) is 101 Å². The zero-order valence-corrected chi connectivity index (χ0v) is 38.5. The topological polar surface area (TPSA) is 85.2 Å². The third-order valence-corrected chi connectivity index (χ3v) is 20.9. The normalized spacial score (nSPS) is 16.2. The number of benzene rings is 2. The summed E-state index contributed by atoms with van der Waals surface area (Å²) in [5.74, 6) is -0.648. The van der Waals surface area contributed by atoms with Gasteiger partial charge in [-0.05, 0) is 98.8 Å². The summed E-state index contributed by atoms with van der Waals surface area (Å²) in [5.41, 5.74) is 2.65. The first-order chi connectivity index (χ1) is 25.3. The van der Waals surface area contributed by atoms with Crippen molar-refractivity contribution < 1.29 is 28.6 Å². The van der Waals surface area contributed by atoms with Crippen molar-refractivity contribution in [2.24, 2.45) is 5.92 Å². The van der Waals surface area contributed by atoms with Crippen LogP contribution in [0.15, 0.2) is 95.6 Å². The van der Waals surface area contributed by atoms with Gasteiger partial charge in [0.15, 0.2) is 8.32 Å². The van der Waals surface area contributed by atoms with Crippen LogP contribution in [-0.2, 0) is 18.7 Å². The second-order valence-corrected chi connectivity index (χ2v) is 26.4. The SMILES string of the molecule is C/C=C(/C)[C@@H](C/C=C(\C)[C@@H](CC(C)(C)[Si](O)(c1ccccc1)c1ccccc1)[C@H](OCCCC)C(C/C=C(/C)C(=O)O)OCSC)O[Si](C)(C)C(C)(C)C. The molecule has 0 heterocycles. The van der Waals surface area contributed by atoms with E-state index in [-0.39, 0.29) is 22.6 Å². The molecule has 2 aromatic rings.